The summed E-state index contributed by atoms with van der Waals surface area (Å²) in [6.45, 7) is -2.84. The summed E-state index contributed by atoms with van der Waals surface area (Å²) in [6, 6.07) is 0. The molecule has 0 radical (unpaired) electrons. The van der Waals surface area contributed by atoms with E-state index in [0.717, 1.165) is 4.31 Å². The summed E-state index contributed by atoms with van der Waals surface area (Å²) < 4.78 is 51.5. The Morgan fingerprint density at radius 3 is 2.63 bits per heavy atom. The largest absolute Gasteiger partial charge is 0.481 e. The summed E-state index contributed by atoms with van der Waals surface area (Å²) in [5.41, 5.74) is 0. The zero-order valence-corrected chi connectivity index (χ0v) is 10.9. The Labute approximate surface area is 109 Å². The number of hydrogen-bond donors (Lipinski definition) is 3. The van der Waals surface area contributed by atoms with E-state index in [9.17, 15) is 22.0 Å². The van der Waals surface area contributed by atoms with Crippen molar-refractivity contribution < 1.29 is 32.2 Å². The molecule has 10 heteroatoms. The second-order valence-corrected chi connectivity index (χ2v) is 6.13. The van der Waals surface area contributed by atoms with Crippen molar-refractivity contribution in [1.82, 2.24) is 9.03 Å². The molecule has 19 heavy (non-hydrogen) atoms. The van der Waals surface area contributed by atoms with Gasteiger partial charge in [0.1, 0.15) is 6.61 Å². The summed E-state index contributed by atoms with van der Waals surface area (Å²) in [5.74, 6) is -5.49. The van der Waals surface area contributed by atoms with Crippen molar-refractivity contribution in [3.8, 4) is 0 Å². The van der Waals surface area contributed by atoms with Gasteiger partial charge < -0.3 is 10.2 Å². The molecule has 0 amide bonds. The lowest BCUT2D eigenvalue weighted by Crippen LogP contribution is -2.50. The molecule has 0 aromatic carbocycles. The Hall–Kier alpha value is -0.840. The van der Waals surface area contributed by atoms with Gasteiger partial charge in [-0.2, -0.15) is 17.4 Å². The first-order valence-corrected chi connectivity index (χ1v) is 7.08. The Bertz CT molecular complexity index is 428. The van der Waals surface area contributed by atoms with E-state index in [0.29, 0.717) is 12.8 Å². The number of nitrogens with zero attached hydrogens (tertiary/aromatic N) is 1. The first kappa shape index (κ1) is 16.2. The van der Waals surface area contributed by atoms with E-state index < -0.39 is 41.2 Å². The Balaban J connectivity index is 2.64. The van der Waals surface area contributed by atoms with Gasteiger partial charge in [-0.25, -0.2) is 8.78 Å². The maximum Gasteiger partial charge on any atom is 0.307 e. The Kier molecular flexibility index (Phi) is 5.18. The molecule has 1 rings (SSSR count). The summed E-state index contributed by atoms with van der Waals surface area (Å²) in [6.07, 6.45) is 0.711. The van der Waals surface area contributed by atoms with E-state index in [1.165, 1.54) is 0 Å². The molecular weight excluding hydrogens is 286 g/mol. The van der Waals surface area contributed by atoms with E-state index in [1.54, 1.807) is 4.72 Å². The molecule has 1 aliphatic rings. The van der Waals surface area contributed by atoms with Crippen molar-refractivity contribution in [3.63, 3.8) is 0 Å². The van der Waals surface area contributed by atoms with Gasteiger partial charge in [0.2, 0.25) is 0 Å². The lowest BCUT2D eigenvalue weighted by Gasteiger charge is -2.30. The van der Waals surface area contributed by atoms with Gasteiger partial charge in [0.05, 0.1) is 12.5 Å². The molecule has 1 atom stereocenters. The number of piperidine rings is 1. The number of nitrogens with one attached hydrogen (secondary N) is 1. The van der Waals surface area contributed by atoms with Crippen LogP contribution in [0.25, 0.3) is 0 Å². The average Bonchev–Trinajstić information content (AvgIpc) is 2.37. The minimum absolute atomic E-state index is 0.0871. The zero-order valence-electron chi connectivity index (χ0n) is 10.1. The third kappa shape index (κ3) is 4.64. The lowest BCUT2D eigenvalue weighted by molar-refractivity contribution is -0.142. The molecule has 0 bridgehead atoms. The number of aliphatic carboxylic acids is 1. The summed E-state index contributed by atoms with van der Waals surface area (Å²) in [5, 5.41) is 17.2. The number of hydrogen-bond acceptors (Lipinski definition) is 4. The number of halogens is 2. The quantitative estimate of drug-likeness (QED) is 0.598. The molecule has 1 heterocycles. The molecule has 0 aromatic rings. The number of carbonyl (C=O) groups is 1. The van der Waals surface area contributed by atoms with E-state index in [-0.39, 0.29) is 13.1 Å². The number of rotatable bonds is 6. The molecule has 1 unspecified atom stereocenters. The second kappa shape index (κ2) is 6.07. The molecule has 0 aliphatic carbocycles. The maximum atomic E-state index is 12.8. The van der Waals surface area contributed by atoms with Crippen molar-refractivity contribution in [2.45, 2.75) is 18.8 Å². The number of alkyl halides is 2. The van der Waals surface area contributed by atoms with Crippen LogP contribution >= 0.6 is 0 Å². The van der Waals surface area contributed by atoms with Gasteiger partial charge in [-0.3, -0.25) is 4.79 Å². The average molecular weight is 302 g/mol. The maximum absolute atomic E-state index is 12.8. The van der Waals surface area contributed by atoms with Gasteiger partial charge in [0.25, 0.3) is 16.1 Å². The molecule has 112 valence electrons. The predicted octanol–water partition coefficient (Wildman–Crippen LogP) is -0.755. The fourth-order valence-electron chi connectivity index (χ4n) is 1.71. The minimum Gasteiger partial charge on any atom is -0.481 e. The highest BCUT2D eigenvalue weighted by molar-refractivity contribution is 7.87. The number of aliphatic hydroxyl groups is 1. The lowest BCUT2D eigenvalue weighted by atomic mass is 10.0. The third-order valence-corrected chi connectivity index (χ3v) is 4.34. The molecule has 0 spiro atoms. The number of carboxylic acids is 1. The molecular formula is C9H16F2N2O5S. The standard InChI is InChI=1S/C9H16F2N2O5S/c10-9(11,6-14)5-12-19(17,18)13-3-1-2-7(4-13)8(15)16/h7,12,14H,1-6H2,(H,15,16). The van der Waals surface area contributed by atoms with Crippen LogP contribution in [-0.4, -0.2) is 61.1 Å². The smallest absolute Gasteiger partial charge is 0.307 e. The summed E-state index contributed by atoms with van der Waals surface area (Å²) in [4.78, 5) is 10.8. The van der Waals surface area contributed by atoms with Gasteiger partial charge in [-0.15, -0.1) is 0 Å². The van der Waals surface area contributed by atoms with Crippen LogP contribution in [0.2, 0.25) is 0 Å². The van der Waals surface area contributed by atoms with E-state index in [4.69, 9.17) is 10.2 Å². The molecule has 0 aromatic heterocycles. The molecule has 1 aliphatic heterocycles. The first-order chi connectivity index (χ1) is 8.68. The van der Waals surface area contributed by atoms with E-state index >= 15 is 0 Å². The van der Waals surface area contributed by atoms with Crippen molar-refractivity contribution in [1.29, 1.82) is 0 Å². The van der Waals surface area contributed by atoms with Crippen molar-refractivity contribution in [3.05, 3.63) is 0 Å². The van der Waals surface area contributed by atoms with Crippen LogP contribution in [-0.2, 0) is 15.0 Å². The molecule has 3 N–H and O–H groups in total. The van der Waals surface area contributed by atoms with Crippen LogP contribution in [0.1, 0.15) is 12.8 Å². The second-order valence-electron chi connectivity index (χ2n) is 4.38. The van der Waals surface area contributed by atoms with Crippen LogP contribution in [0.3, 0.4) is 0 Å². The molecule has 1 fully saturated rings. The van der Waals surface area contributed by atoms with Gasteiger partial charge >= 0.3 is 5.97 Å². The van der Waals surface area contributed by atoms with Crippen molar-refractivity contribution in [2.75, 3.05) is 26.2 Å². The summed E-state index contributed by atoms with van der Waals surface area (Å²) in [7, 11) is -4.16. The minimum atomic E-state index is -4.16. The first-order valence-electron chi connectivity index (χ1n) is 5.64. The highest BCUT2D eigenvalue weighted by Gasteiger charge is 2.35. The number of carboxylic acid groups (broad SMARTS) is 1. The zero-order chi connectivity index (χ0) is 14.7. The third-order valence-electron chi connectivity index (χ3n) is 2.82. The van der Waals surface area contributed by atoms with E-state index in [2.05, 4.69) is 0 Å². The predicted molar refractivity (Wildman–Crippen MR) is 60.9 cm³/mol. The van der Waals surface area contributed by atoms with E-state index in [1.807, 2.05) is 0 Å². The number of aliphatic hydroxyl groups excluding tert-OH is 1. The monoisotopic (exact) mass is 302 g/mol. The van der Waals surface area contributed by atoms with Crippen molar-refractivity contribution >= 4 is 16.2 Å². The highest BCUT2D eigenvalue weighted by Crippen LogP contribution is 2.19. The highest BCUT2D eigenvalue weighted by atomic mass is 32.2. The van der Waals surface area contributed by atoms with Gasteiger partial charge in [-0.1, -0.05) is 0 Å². The van der Waals surface area contributed by atoms with Crippen LogP contribution in [0.4, 0.5) is 8.78 Å². The fraction of sp³-hybridized carbons (Fsp3) is 0.889. The van der Waals surface area contributed by atoms with Gasteiger partial charge in [0, 0.05) is 13.1 Å². The Morgan fingerprint density at radius 1 is 1.47 bits per heavy atom. The van der Waals surface area contributed by atoms with Crippen LogP contribution < -0.4 is 4.72 Å². The van der Waals surface area contributed by atoms with Crippen LogP contribution in [0.5, 0.6) is 0 Å². The molecule has 7 nitrogen and oxygen atoms in total. The normalized spacial score (nSPS) is 22.4. The van der Waals surface area contributed by atoms with Gasteiger partial charge in [-0.05, 0) is 12.8 Å². The SMILES string of the molecule is O=C(O)C1CCCN(S(=O)(=O)NCC(F)(F)CO)C1. The van der Waals surface area contributed by atoms with Crippen LogP contribution in [0.15, 0.2) is 0 Å². The summed E-state index contributed by atoms with van der Waals surface area (Å²) >= 11 is 0. The molecule has 1 saturated heterocycles. The van der Waals surface area contributed by atoms with Crippen molar-refractivity contribution in [2.24, 2.45) is 5.92 Å². The topological polar surface area (TPSA) is 107 Å². The Morgan fingerprint density at radius 2 is 2.11 bits per heavy atom. The van der Waals surface area contributed by atoms with Gasteiger partial charge in [0.15, 0.2) is 0 Å². The molecule has 0 saturated carbocycles. The van der Waals surface area contributed by atoms with Crippen LogP contribution in [0, 0.1) is 5.92 Å². The fourth-order valence-corrected chi connectivity index (χ4v) is 3.03.